The number of thiazole rings is 1. The first-order valence-corrected chi connectivity index (χ1v) is 8.01. The van der Waals surface area contributed by atoms with Crippen LogP contribution in [-0.4, -0.2) is 42.5 Å². The molecule has 1 aliphatic heterocycles. The summed E-state index contributed by atoms with van der Waals surface area (Å²) in [4.78, 5) is 18.6. The van der Waals surface area contributed by atoms with Crippen LogP contribution < -0.4 is 5.32 Å². The van der Waals surface area contributed by atoms with E-state index >= 15 is 0 Å². The molecule has 2 unspecified atom stereocenters. The van der Waals surface area contributed by atoms with Gasteiger partial charge in [0.15, 0.2) is 0 Å². The summed E-state index contributed by atoms with van der Waals surface area (Å²) < 4.78 is 5.53. The van der Waals surface area contributed by atoms with Crippen molar-refractivity contribution in [3.63, 3.8) is 0 Å². The molecule has 0 aliphatic carbocycles. The zero-order valence-corrected chi connectivity index (χ0v) is 15.7. The number of carbonyl (C=O) groups excluding carboxylic acids is 1. The number of nitrogens with zero attached hydrogens (tertiary/aromatic N) is 2. The van der Waals surface area contributed by atoms with Gasteiger partial charge in [-0.3, -0.25) is 4.79 Å². The van der Waals surface area contributed by atoms with Crippen molar-refractivity contribution in [3.05, 3.63) is 16.1 Å². The highest BCUT2D eigenvalue weighted by molar-refractivity contribution is 7.09. The molecule has 1 fully saturated rings. The second-order valence-corrected chi connectivity index (χ2v) is 6.05. The van der Waals surface area contributed by atoms with Crippen molar-refractivity contribution in [2.75, 3.05) is 26.7 Å². The molecule has 22 heavy (non-hydrogen) atoms. The van der Waals surface area contributed by atoms with Crippen LogP contribution in [0, 0.1) is 5.92 Å². The fourth-order valence-electron chi connectivity index (χ4n) is 2.40. The number of hydrogen-bond acceptors (Lipinski definition) is 5. The third kappa shape index (κ3) is 5.66. The molecule has 1 aromatic rings. The molecule has 8 heteroatoms. The van der Waals surface area contributed by atoms with Crippen molar-refractivity contribution in [2.24, 2.45) is 5.92 Å². The predicted octanol–water partition coefficient (Wildman–Crippen LogP) is 2.65. The summed E-state index contributed by atoms with van der Waals surface area (Å²) in [6.45, 7) is 6.98. The summed E-state index contributed by atoms with van der Waals surface area (Å²) in [5.74, 6) is 0.336. The summed E-state index contributed by atoms with van der Waals surface area (Å²) in [5, 5.41) is 6.22. The first-order valence-electron chi connectivity index (χ1n) is 7.13. The molecule has 128 valence electrons. The van der Waals surface area contributed by atoms with Crippen molar-refractivity contribution in [1.82, 2.24) is 15.2 Å². The number of aromatic nitrogens is 1. The molecular weight excluding hydrogens is 345 g/mol. The van der Waals surface area contributed by atoms with Crippen LogP contribution in [-0.2, 0) is 16.1 Å². The number of amides is 1. The van der Waals surface area contributed by atoms with Gasteiger partial charge >= 0.3 is 0 Å². The van der Waals surface area contributed by atoms with Gasteiger partial charge in [-0.1, -0.05) is 0 Å². The second-order valence-electron chi connectivity index (χ2n) is 5.16. The molecule has 1 saturated heterocycles. The second kappa shape index (κ2) is 10.4. The fraction of sp³-hybridized carbons (Fsp3) is 0.714. The lowest BCUT2D eigenvalue weighted by molar-refractivity contribution is -0.134. The van der Waals surface area contributed by atoms with E-state index in [0.717, 1.165) is 30.2 Å². The first-order chi connectivity index (χ1) is 9.61. The van der Waals surface area contributed by atoms with E-state index < -0.39 is 0 Å². The van der Waals surface area contributed by atoms with Crippen molar-refractivity contribution in [2.45, 2.75) is 32.9 Å². The zero-order valence-electron chi connectivity index (χ0n) is 13.2. The van der Waals surface area contributed by atoms with E-state index in [1.807, 2.05) is 26.3 Å². The smallest absolute Gasteiger partial charge is 0.227 e. The Kier molecular flexibility index (Phi) is 10.2. The van der Waals surface area contributed by atoms with Crippen LogP contribution in [0.1, 0.15) is 37.1 Å². The summed E-state index contributed by atoms with van der Waals surface area (Å²) in [7, 11) is 1.85. The van der Waals surface area contributed by atoms with E-state index in [4.69, 9.17) is 4.74 Å². The van der Waals surface area contributed by atoms with Gasteiger partial charge in [0.1, 0.15) is 11.1 Å². The van der Waals surface area contributed by atoms with E-state index in [2.05, 4.69) is 10.3 Å². The Morgan fingerprint density at radius 1 is 1.59 bits per heavy atom. The highest BCUT2D eigenvalue weighted by Gasteiger charge is 2.25. The van der Waals surface area contributed by atoms with Gasteiger partial charge in [-0.25, -0.2) is 4.98 Å². The van der Waals surface area contributed by atoms with E-state index in [-0.39, 0.29) is 42.7 Å². The van der Waals surface area contributed by atoms with Gasteiger partial charge in [-0.2, -0.15) is 0 Å². The largest absolute Gasteiger partial charge is 0.372 e. The minimum Gasteiger partial charge on any atom is -0.372 e. The minimum atomic E-state index is 0. The monoisotopic (exact) mass is 369 g/mol. The molecule has 0 bridgehead atoms. The Bertz CT molecular complexity index is 453. The van der Waals surface area contributed by atoms with E-state index in [1.54, 1.807) is 16.2 Å². The molecule has 0 aromatic carbocycles. The van der Waals surface area contributed by atoms with Gasteiger partial charge in [-0.05, 0) is 26.8 Å². The Balaban J connectivity index is 0.00000220. The van der Waals surface area contributed by atoms with Gasteiger partial charge < -0.3 is 15.0 Å². The van der Waals surface area contributed by atoms with E-state index in [1.165, 1.54) is 0 Å². The Morgan fingerprint density at radius 3 is 2.91 bits per heavy atom. The summed E-state index contributed by atoms with van der Waals surface area (Å²) in [6, 6.07) is 0. The molecule has 0 spiro atoms. The normalized spacial score (nSPS) is 18.2. The fourth-order valence-corrected chi connectivity index (χ4v) is 3.21. The molecule has 0 saturated carbocycles. The van der Waals surface area contributed by atoms with Gasteiger partial charge in [-0.15, -0.1) is 36.2 Å². The number of hydrogen-bond donors (Lipinski definition) is 1. The molecular formula is C14H25Cl2N3O2S. The Hall–Kier alpha value is -0.400. The SMILES string of the molecule is CCOC(C)c1nc(CN(C)C(=O)C2CCNC2)cs1.Cl.Cl. The topological polar surface area (TPSA) is 54.5 Å². The van der Waals surface area contributed by atoms with Gasteiger partial charge in [0.25, 0.3) is 0 Å². The maximum atomic E-state index is 12.2. The van der Waals surface area contributed by atoms with Crippen LogP contribution in [0.3, 0.4) is 0 Å². The number of carbonyl (C=O) groups is 1. The summed E-state index contributed by atoms with van der Waals surface area (Å²) in [6.07, 6.45) is 0.964. The molecule has 1 aliphatic rings. The highest BCUT2D eigenvalue weighted by Crippen LogP contribution is 2.22. The Morgan fingerprint density at radius 2 is 2.32 bits per heavy atom. The van der Waals surface area contributed by atoms with Gasteiger partial charge in [0, 0.05) is 25.6 Å². The van der Waals surface area contributed by atoms with Gasteiger partial charge in [0.2, 0.25) is 5.91 Å². The van der Waals surface area contributed by atoms with Crippen LogP contribution in [0.4, 0.5) is 0 Å². The molecule has 2 rings (SSSR count). The molecule has 1 N–H and O–H groups in total. The van der Waals surface area contributed by atoms with Crippen LogP contribution in [0.5, 0.6) is 0 Å². The third-order valence-corrected chi connectivity index (χ3v) is 4.57. The molecule has 1 aromatic heterocycles. The molecule has 1 amide bonds. The van der Waals surface area contributed by atoms with Crippen molar-refractivity contribution < 1.29 is 9.53 Å². The van der Waals surface area contributed by atoms with Crippen LogP contribution in [0.15, 0.2) is 5.38 Å². The third-order valence-electron chi connectivity index (χ3n) is 3.52. The lowest BCUT2D eigenvalue weighted by Crippen LogP contribution is -2.33. The van der Waals surface area contributed by atoms with Crippen molar-refractivity contribution >= 4 is 42.1 Å². The molecule has 2 atom stereocenters. The number of ether oxygens (including phenoxy) is 1. The van der Waals surface area contributed by atoms with Crippen LogP contribution >= 0.6 is 36.2 Å². The van der Waals surface area contributed by atoms with Crippen LogP contribution in [0.2, 0.25) is 0 Å². The maximum absolute atomic E-state index is 12.2. The highest BCUT2D eigenvalue weighted by atomic mass is 35.5. The summed E-state index contributed by atoms with van der Waals surface area (Å²) in [5.41, 5.74) is 0.943. The molecule has 0 radical (unpaired) electrons. The maximum Gasteiger partial charge on any atom is 0.227 e. The van der Waals surface area contributed by atoms with Crippen LogP contribution in [0.25, 0.3) is 0 Å². The van der Waals surface area contributed by atoms with Gasteiger partial charge in [0.05, 0.1) is 18.2 Å². The summed E-state index contributed by atoms with van der Waals surface area (Å²) >= 11 is 1.60. The Labute approximate surface area is 148 Å². The number of halogens is 2. The van der Waals surface area contributed by atoms with Crippen molar-refractivity contribution in [3.8, 4) is 0 Å². The number of rotatable bonds is 6. The number of nitrogens with one attached hydrogen (secondary N) is 1. The van der Waals surface area contributed by atoms with Crippen molar-refractivity contribution in [1.29, 1.82) is 0 Å². The predicted molar refractivity (Wildman–Crippen MR) is 94.1 cm³/mol. The molecule has 5 nitrogen and oxygen atoms in total. The van der Waals surface area contributed by atoms with E-state index in [9.17, 15) is 4.79 Å². The van der Waals surface area contributed by atoms with E-state index in [0.29, 0.717) is 13.2 Å². The minimum absolute atomic E-state index is 0. The first kappa shape index (κ1) is 21.6. The quantitative estimate of drug-likeness (QED) is 0.837. The standard InChI is InChI=1S/C14H23N3O2S.2ClH/c1-4-19-10(2)13-16-12(9-20-13)8-17(3)14(18)11-5-6-15-7-11;;/h9-11,15H,4-8H2,1-3H3;2*1H. The zero-order chi connectivity index (χ0) is 14.5. The lowest BCUT2D eigenvalue weighted by atomic mass is 10.1. The lowest BCUT2D eigenvalue weighted by Gasteiger charge is -2.19. The average Bonchev–Trinajstić information content (AvgIpc) is 3.09. The average molecular weight is 370 g/mol. The molecule has 2 heterocycles.